The third kappa shape index (κ3) is 2.49. The summed E-state index contributed by atoms with van der Waals surface area (Å²) in [6.07, 6.45) is 0. The highest BCUT2D eigenvalue weighted by molar-refractivity contribution is 5.79. The molecule has 0 bridgehead atoms. The fraction of sp³-hybridized carbons (Fsp3) is 0.500. The molecule has 2 heterocycles. The average molecular weight is 279 g/mol. The van der Waals surface area contributed by atoms with E-state index < -0.39 is 6.04 Å². The van der Waals surface area contributed by atoms with Crippen molar-refractivity contribution in [3.63, 3.8) is 0 Å². The highest BCUT2D eigenvalue weighted by atomic mass is 16.5. The van der Waals surface area contributed by atoms with Gasteiger partial charge in [-0.05, 0) is 12.8 Å². The molecule has 1 unspecified atom stereocenters. The number of aryl methyl sites for hydroxylation is 1. The molecule has 0 saturated heterocycles. The van der Waals surface area contributed by atoms with E-state index in [2.05, 4.69) is 20.5 Å². The molecule has 0 aliphatic carbocycles. The predicted octanol–water partition coefficient (Wildman–Crippen LogP) is 0.336. The van der Waals surface area contributed by atoms with E-state index in [4.69, 9.17) is 4.74 Å². The molecule has 0 saturated carbocycles. The van der Waals surface area contributed by atoms with Crippen molar-refractivity contribution in [2.75, 3.05) is 12.4 Å². The summed E-state index contributed by atoms with van der Waals surface area (Å²) in [6.45, 7) is 5.50. The first kappa shape index (κ1) is 14.0. The number of hydrogen-bond acceptors (Lipinski definition) is 6. The molecule has 2 aromatic heterocycles. The SMILES string of the molecule is COC(=O)C(Nc1cc2n[nH]c(=O)n2c(C)n1)C(C)C. The molecule has 0 aliphatic heterocycles. The Morgan fingerprint density at radius 3 is 2.80 bits per heavy atom. The normalized spacial score (nSPS) is 12.7. The van der Waals surface area contributed by atoms with Crippen LogP contribution in [-0.4, -0.2) is 38.7 Å². The number of H-pyrrole nitrogens is 1. The van der Waals surface area contributed by atoms with Gasteiger partial charge in [0.15, 0.2) is 5.65 Å². The zero-order chi connectivity index (χ0) is 14.9. The van der Waals surface area contributed by atoms with Gasteiger partial charge in [0, 0.05) is 6.07 Å². The quantitative estimate of drug-likeness (QED) is 0.782. The number of hydrogen-bond donors (Lipinski definition) is 2. The lowest BCUT2D eigenvalue weighted by molar-refractivity contribution is -0.142. The molecule has 0 radical (unpaired) electrons. The summed E-state index contributed by atoms with van der Waals surface area (Å²) < 4.78 is 6.12. The summed E-state index contributed by atoms with van der Waals surface area (Å²) in [5.41, 5.74) is 0.0994. The number of aromatic amines is 1. The van der Waals surface area contributed by atoms with Crippen LogP contribution < -0.4 is 11.0 Å². The van der Waals surface area contributed by atoms with Crippen LogP contribution >= 0.6 is 0 Å². The topological polar surface area (TPSA) is 101 Å². The zero-order valence-corrected chi connectivity index (χ0v) is 11.8. The van der Waals surface area contributed by atoms with Crippen LogP contribution in [0.1, 0.15) is 19.7 Å². The van der Waals surface area contributed by atoms with Gasteiger partial charge in [0.1, 0.15) is 17.7 Å². The molecular weight excluding hydrogens is 262 g/mol. The smallest absolute Gasteiger partial charge is 0.349 e. The maximum atomic E-state index is 11.7. The Kier molecular flexibility index (Phi) is 3.73. The van der Waals surface area contributed by atoms with Crippen LogP contribution in [0.2, 0.25) is 0 Å². The molecule has 0 spiro atoms. The van der Waals surface area contributed by atoms with Crippen LogP contribution in [0, 0.1) is 12.8 Å². The molecule has 0 fully saturated rings. The van der Waals surface area contributed by atoms with Crippen LogP contribution in [0.25, 0.3) is 5.65 Å². The standard InChI is InChI=1S/C12H17N5O3/c1-6(2)10(11(18)20-4)14-8-5-9-15-16-12(19)17(9)7(3)13-8/h5-6,10,14H,1-4H3,(H,16,19). The molecule has 0 amide bonds. The number of methoxy groups -OCH3 is 1. The number of rotatable bonds is 4. The molecular formula is C12H17N5O3. The van der Waals surface area contributed by atoms with Gasteiger partial charge in [0.2, 0.25) is 0 Å². The van der Waals surface area contributed by atoms with Crippen LogP contribution in [-0.2, 0) is 9.53 Å². The van der Waals surface area contributed by atoms with E-state index in [9.17, 15) is 9.59 Å². The van der Waals surface area contributed by atoms with Crippen LogP contribution in [0.3, 0.4) is 0 Å². The average Bonchev–Trinajstić information content (AvgIpc) is 2.77. The number of carbonyl (C=O) groups is 1. The van der Waals surface area contributed by atoms with Crippen molar-refractivity contribution < 1.29 is 9.53 Å². The molecule has 0 aromatic carbocycles. The number of nitrogens with one attached hydrogen (secondary N) is 2. The summed E-state index contributed by atoms with van der Waals surface area (Å²) in [4.78, 5) is 27.5. The van der Waals surface area contributed by atoms with Crippen LogP contribution in [0.4, 0.5) is 5.82 Å². The Morgan fingerprint density at radius 1 is 1.50 bits per heavy atom. The summed E-state index contributed by atoms with van der Waals surface area (Å²) in [7, 11) is 1.34. The molecule has 2 N–H and O–H groups in total. The fourth-order valence-electron chi connectivity index (χ4n) is 1.96. The third-order valence-electron chi connectivity index (χ3n) is 3.00. The summed E-state index contributed by atoms with van der Waals surface area (Å²) >= 11 is 0. The molecule has 0 aliphatic rings. The van der Waals surface area contributed by atoms with E-state index in [0.717, 1.165) is 0 Å². The number of fused-ring (bicyclic) bond motifs is 1. The monoisotopic (exact) mass is 279 g/mol. The molecule has 2 aromatic rings. The first-order chi connectivity index (χ1) is 9.43. The molecule has 8 nitrogen and oxygen atoms in total. The van der Waals surface area contributed by atoms with E-state index in [-0.39, 0.29) is 17.6 Å². The fourth-order valence-corrected chi connectivity index (χ4v) is 1.96. The number of nitrogens with zero attached hydrogens (tertiary/aromatic N) is 3. The van der Waals surface area contributed by atoms with Crippen molar-refractivity contribution in [2.45, 2.75) is 26.8 Å². The minimum Gasteiger partial charge on any atom is -0.467 e. The number of aromatic nitrogens is 4. The zero-order valence-electron chi connectivity index (χ0n) is 11.8. The summed E-state index contributed by atoms with van der Waals surface area (Å²) in [5, 5.41) is 9.26. The lowest BCUT2D eigenvalue weighted by atomic mass is 10.0. The van der Waals surface area contributed by atoms with E-state index in [1.54, 1.807) is 13.0 Å². The highest BCUT2D eigenvalue weighted by Crippen LogP contribution is 2.13. The van der Waals surface area contributed by atoms with E-state index in [1.165, 1.54) is 11.5 Å². The number of ether oxygens (including phenoxy) is 1. The van der Waals surface area contributed by atoms with Gasteiger partial charge in [0.05, 0.1) is 7.11 Å². The van der Waals surface area contributed by atoms with Gasteiger partial charge < -0.3 is 10.1 Å². The molecule has 108 valence electrons. The lowest BCUT2D eigenvalue weighted by Gasteiger charge is -2.20. The van der Waals surface area contributed by atoms with Crippen molar-refractivity contribution in [1.29, 1.82) is 0 Å². The lowest BCUT2D eigenvalue weighted by Crippen LogP contribution is -2.36. The maximum Gasteiger partial charge on any atom is 0.349 e. The Balaban J connectivity index is 2.38. The number of carbonyl (C=O) groups excluding carboxylic acids is 1. The summed E-state index contributed by atoms with van der Waals surface area (Å²) in [5.74, 6) is 0.620. The van der Waals surface area contributed by atoms with Crippen molar-refractivity contribution in [2.24, 2.45) is 5.92 Å². The largest absolute Gasteiger partial charge is 0.467 e. The van der Waals surface area contributed by atoms with Crippen LogP contribution in [0.5, 0.6) is 0 Å². The first-order valence-electron chi connectivity index (χ1n) is 6.23. The minimum atomic E-state index is -0.514. The van der Waals surface area contributed by atoms with Gasteiger partial charge in [-0.15, -0.1) is 0 Å². The van der Waals surface area contributed by atoms with Gasteiger partial charge in [-0.2, -0.15) is 5.10 Å². The Hall–Kier alpha value is -2.38. The van der Waals surface area contributed by atoms with Crippen LogP contribution in [0.15, 0.2) is 10.9 Å². The van der Waals surface area contributed by atoms with Crippen molar-refractivity contribution in [3.8, 4) is 0 Å². The van der Waals surface area contributed by atoms with Gasteiger partial charge in [0.25, 0.3) is 0 Å². The number of anilines is 1. The molecule has 20 heavy (non-hydrogen) atoms. The van der Waals surface area contributed by atoms with Gasteiger partial charge in [-0.1, -0.05) is 13.8 Å². The second kappa shape index (κ2) is 5.32. The van der Waals surface area contributed by atoms with Gasteiger partial charge in [-0.25, -0.2) is 24.1 Å². The van der Waals surface area contributed by atoms with E-state index in [0.29, 0.717) is 17.3 Å². The second-order valence-electron chi connectivity index (χ2n) is 4.80. The molecule has 1 atom stereocenters. The van der Waals surface area contributed by atoms with Crippen molar-refractivity contribution in [3.05, 3.63) is 22.4 Å². The van der Waals surface area contributed by atoms with Crippen molar-refractivity contribution >= 4 is 17.4 Å². The number of esters is 1. The molecule has 8 heteroatoms. The van der Waals surface area contributed by atoms with E-state index in [1.807, 2.05) is 13.8 Å². The first-order valence-corrected chi connectivity index (χ1v) is 6.23. The Morgan fingerprint density at radius 2 is 2.20 bits per heavy atom. The predicted molar refractivity (Wildman–Crippen MR) is 72.6 cm³/mol. The highest BCUT2D eigenvalue weighted by Gasteiger charge is 2.23. The minimum absolute atomic E-state index is 0.0298. The van der Waals surface area contributed by atoms with Gasteiger partial charge >= 0.3 is 11.7 Å². The van der Waals surface area contributed by atoms with E-state index >= 15 is 0 Å². The maximum absolute atomic E-state index is 11.7. The second-order valence-corrected chi connectivity index (χ2v) is 4.80. The van der Waals surface area contributed by atoms with Gasteiger partial charge in [-0.3, -0.25) is 0 Å². The Bertz CT molecular complexity index is 688. The molecule has 2 rings (SSSR count). The Labute approximate surface area is 115 Å². The summed E-state index contributed by atoms with van der Waals surface area (Å²) in [6, 6.07) is 1.09. The van der Waals surface area contributed by atoms with Crippen molar-refractivity contribution in [1.82, 2.24) is 19.6 Å². The third-order valence-corrected chi connectivity index (χ3v) is 3.00.